The van der Waals surface area contributed by atoms with Gasteiger partial charge in [-0.1, -0.05) is 20.3 Å². The van der Waals surface area contributed by atoms with Gasteiger partial charge in [-0.2, -0.15) is 5.26 Å². The first-order valence-electron chi connectivity index (χ1n) is 12.0. The summed E-state index contributed by atoms with van der Waals surface area (Å²) in [5, 5.41) is 13.9. The minimum Gasteiger partial charge on any atom is -0.458 e. The van der Waals surface area contributed by atoms with E-state index in [1.165, 1.54) is 6.20 Å². The summed E-state index contributed by atoms with van der Waals surface area (Å²) in [6.45, 7) is 7.62. The minimum absolute atomic E-state index is 0.303. The Morgan fingerprint density at radius 2 is 2.23 bits per heavy atom. The molecule has 4 rings (SSSR count). The number of hydrogen-bond acceptors (Lipinski definition) is 7. The molecule has 0 bridgehead atoms. The second-order valence-corrected chi connectivity index (χ2v) is 8.71. The molecule has 0 aliphatic heterocycles. The first-order chi connectivity index (χ1) is 17.1. The Morgan fingerprint density at radius 3 is 2.91 bits per heavy atom. The predicted octanol–water partition coefficient (Wildman–Crippen LogP) is 4.76. The van der Waals surface area contributed by atoms with Gasteiger partial charge in [-0.25, -0.2) is 9.97 Å². The molecule has 4 aromatic heterocycles. The highest BCUT2D eigenvalue weighted by Gasteiger charge is 2.27. The smallest absolute Gasteiger partial charge is 0.182 e. The number of fused-ring (bicyclic) bond motifs is 3. The Labute approximate surface area is 204 Å². The number of unbranched alkanes of at least 4 members (excludes halogenated alkanes) is 1. The van der Waals surface area contributed by atoms with Gasteiger partial charge in [0.05, 0.1) is 35.4 Å². The maximum Gasteiger partial charge on any atom is 0.182 e. The average molecular weight is 473 g/mol. The molecule has 0 spiro atoms. The molecule has 4 N–H and O–H groups in total. The molecular formula is C26H32N8O. The first-order valence-corrected chi connectivity index (χ1v) is 12.0. The van der Waals surface area contributed by atoms with E-state index in [0.29, 0.717) is 35.8 Å². The maximum absolute atomic E-state index is 9.54. The van der Waals surface area contributed by atoms with Gasteiger partial charge < -0.3 is 20.5 Å². The number of nitrogens with two attached hydrogens (primary N) is 1. The molecule has 0 aromatic carbocycles. The lowest BCUT2D eigenvalue weighted by molar-refractivity contribution is 0.392. The van der Waals surface area contributed by atoms with E-state index in [2.05, 4.69) is 35.2 Å². The van der Waals surface area contributed by atoms with Crippen molar-refractivity contribution in [3.63, 3.8) is 0 Å². The number of rotatable bonds is 11. The van der Waals surface area contributed by atoms with Gasteiger partial charge in [0, 0.05) is 30.5 Å². The second-order valence-electron chi connectivity index (χ2n) is 8.71. The molecule has 4 aromatic rings. The second kappa shape index (κ2) is 10.6. The molecule has 1 atom stereocenters. The zero-order chi connectivity index (χ0) is 24.8. The van der Waals surface area contributed by atoms with E-state index < -0.39 is 5.54 Å². The lowest BCUT2D eigenvalue weighted by atomic mass is 9.93. The van der Waals surface area contributed by atoms with Gasteiger partial charge in [-0.3, -0.25) is 9.56 Å². The number of imidazole rings is 1. The molecule has 0 amide bonds. The largest absolute Gasteiger partial charge is 0.458 e. The van der Waals surface area contributed by atoms with Crippen molar-refractivity contribution in [1.29, 1.82) is 5.26 Å². The quantitative estimate of drug-likeness (QED) is 0.213. The van der Waals surface area contributed by atoms with Crippen LogP contribution in [0.1, 0.15) is 45.3 Å². The Kier molecular flexibility index (Phi) is 7.32. The van der Waals surface area contributed by atoms with Crippen molar-refractivity contribution in [1.82, 2.24) is 24.8 Å². The van der Waals surface area contributed by atoms with Crippen LogP contribution >= 0.6 is 0 Å². The minimum atomic E-state index is -0.556. The molecular weight excluding hydrogens is 440 g/mol. The van der Waals surface area contributed by atoms with Crippen LogP contribution in [0.15, 0.2) is 46.2 Å². The topological polar surface area (TPSA) is 134 Å². The highest BCUT2D eigenvalue weighted by atomic mass is 16.3. The Morgan fingerprint density at radius 1 is 1.37 bits per heavy atom. The fourth-order valence-electron chi connectivity index (χ4n) is 4.18. The molecule has 4 heterocycles. The van der Waals surface area contributed by atoms with Crippen LogP contribution in [0.3, 0.4) is 0 Å². The Hall–Kier alpha value is -3.90. The van der Waals surface area contributed by atoms with Crippen LogP contribution in [0.2, 0.25) is 0 Å². The van der Waals surface area contributed by atoms with Gasteiger partial charge in [0.1, 0.15) is 16.9 Å². The molecule has 182 valence electrons. The fraction of sp³-hybridized carbons (Fsp3) is 0.385. The number of H-pyrrole nitrogens is 1. The zero-order valence-corrected chi connectivity index (χ0v) is 20.5. The number of nitrogens with zero attached hydrogens (tertiary/aromatic N) is 5. The van der Waals surface area contributed by atoms with Crippen molar-refractivity contribution >= 4 is 34.0 Å². The summed E-state index contributed by atoms with van der Waals surface area (Å²) in [4.78, 5) is 17.4. The summed E-state index contributed by atoms with van der Waals surface area (Å²) in [6.07, 6.45) is 10.1. The number of aromatic amines is 1. The molecule has 1 unspecified atom stereocenters. The molecule has 9 heteroatoms. The van der Waals surface area contributed by atoms with E-state index in [1.54, 1.807) is 12.4 Å². The van der Waals surface area contributed by atoms with E-state index in [9.17, 15) is 5.26 Å². The van der Waals surface area contributed by atoms with Crippen molar-refractivity contribution in [3.05, 3.63) is 42.6 Å². The lowest BCUT2D eigenvalue weighted by Gasteiger charge is -2.26. The number of furan rings is 1. The van der Waals surface area contributed by atoms with Crippen molar-refractivity contribution in [2.45, 2.75) is 52.0 Å². The number of nitrogens with one attached hydrogen (secondary N) is 2. The maximum atomic E-state index is 9.54. The fourth-order valence-corrected chi connectivity index (χ4v) is 4.18. The van der Waals surface area contributed by atoms with E-state index in [4.69, 9.17) is 20.1 Å². The summed E-state index contributed by atoms with van der Waals surface area (Å²) >= 11 is 0. The van der Waals surface area contributed by atoms with Gasteiger partial charge in [0.2, 0.25) is 0 Å². The van der Waals surface area contributed by atoms with Crippen molar-refractivity contribution in [2.75, 3.05) is 13.1 Å². The lowest BCUT2D eigenvalue weighted by Crippen LogP contribution is -2.39. The van der Waals surface area contributed by atoms with Crippen LogP contribution in [-0.4, -0.2) is 44.4 Å². The molecule has 0 fully saturated rings. The summed E-state index contributed by atoms with van der Waals surface area (Å²) < 4.78 is 7.88. The molecule has 0 aliphatic rings. The molecule has 35 heavy (non-hydrogen) atoms. The van der Waals surface area contributed by atoms with E-state index in [0.717, 1.165) is 48.1 Å². The molecule has 0 saturated carbocycles. The number of hydrogen-bond donors (Lipinski definition) is 3. The summed E-state index contributed by atoms with van der Waals surface area (Å²) in [7, 11) is 0. The van der Waals surface area contributed by atoms with Gasteiger partial charge >= 0.3 is 0 Å². The van der Waals surface area contributed by atoms with Gasteiger partial charge in [0.15, 0.2) is 11.6 Å². The third kappa shape index (κ3) is 4.84. The van der Waals surface area contributed by atoms with Gasteiger partial charge in [0.25, 0.3) is 0 Å². The van der Waals surface area contributed by atoms with Crippen LogP contribution in [0, 0.1) is 18.3 Å². The van der Waals surface area contributed by atoms with Crippen molar-refractivity contribution in [2.24, 2.45) is 10.7 Å². The average Bonchev–Trinajstić information content (AvgIpc) is 3.60. The van der Waals surface area contributed by atoms with E-state index in [-0.39, 0.29) is 0 Å². The number of pyridine rings is 1. The number of aryl methyl sites for hydroxylation is 1. The summed E-state index contributed by atoms with van der Waals surface area (Å²) in [5.74, 6) is 2.01. The van der Waals surface area contributed by atoms with Crippen LogP contribution < -0.4 is 11.1 Å². The van der Waals surface area contributed by atoms with E-state index in [1.807, 2.05) is 35.9 Å². The highest BCUT2D eigenvalue weighted by Crippen LogP contribution is 2.32. The molecule has 0 aliphatic carbocycles. The SMILES string of the molecule is CCCCNCC(CC)(CC#N)N=CC(=CN)n1c(-c2ccc(C)o2)nc2cnc3[nH]ccc3c21. The van der Waals surface area contributed by atoms with Crippen molar-refractivity contribution < 1.29 is 4.42 Å². The summed E-state index contributed by atoms with van der Waals surface area (Å²) in [5.41, 5.74) is 8.57. The summed E-state index contributed by atoms with van der Waals surface area (Å²) in [6, 6.07) is 8.08. The molecule has 0 saturated heterocycles. The number of allylic oxidation sites excluding steroid dienone is 1. The van der Waals surface area contributed by atoms with Gasteiger partial charge in [-0.05, 0) is 44.5 Å². The first kappa shape index (κ1) is 24.2. The van der Waals surface area contributed by atoms with Crippen LogP contribution in [0.4, 0.5) is 0 Å². The Bertz CT molecular complexity index is 1400. The van der Waals surface area contributed by atoms with Crippen LogP contribution in [-0.2, 0) is 0 Å². The number of aromatic nitrogens is 4. The van der Waals surface area contributed by atoms with Crippen molar-refractivity contribution in [3.8, 4) is 17.7 Å². The van der Waals surface area contributed by atoms with E-state index >= 15 is 0 Å². The third-order valence-electron chi connectivity index (χ3n) is 6.29. The molecule has 9 nitrogen and oxygen atoms in total. The number of aliphatic imine (C=N–C) groups is 1. The van der Waals surface area contributed by atoms with Crippen LogP contribution in [0.5, 0.6) is 0 Å². The predicted molar refractivity (Wildman–Crippen MR) is 140 cm³/mol. The standard InChI is InChI=1S/C26H32N8O/c1-4-6-12-29-17-26(5-2,10-11-27)32-15-19(14-28)34-23-20-9-13-30-24(20)31-16-21(23)33-25(34)22-8-7-18(3)35-22/h7-9,13-16,29H,4-6,10,12,17,28H2,1-3H3,(H,30,31). The van der Waals surface area contributed by atoms with Crippen LogP contribution in [0.25, 0.3) is 39.3 Å². The third-order valence-corrected chi connectivity index (χ3v) is 6.29. The van der Waals surface area contributed by atoms with Gasteiger partial charge in [-0.15, -0.1) is 0 Å². The molecule has 0 radical (unpaired) electrons. The normalized spacial score (nSPS) is 14.2. The highest BCUT2D eigenvalue weighted by molar-refractivity contribution is 6.11. The monoisotopic (exact) mass is 472 g/mol. The number of nitriles is 1. The zero-order valence-electron chi connectivity index (χ0n) is 20.5. The Balaban J connectivity index is 1.83.